The van der Waals surface area contributed by atoms with E-state index in [4.69, 9.17) is 0 Å². The lowest BCUT2D eigenvalue weighted by Crippen LogP contribution is -2.23. The van der Waals surface area contributed by atoms with Crippen LogP contribution in [0.25, 0.3) is 0 Å². The molecule has 0 aliphatic carbocycles. The number of aliphatic imine (C=N–C) groups is 1. The minimum Gasteiger partial charge on any atom is -0.317 e. The van der Waals surface area contributed by atoms with Crippen LogP contribution >= 0.6 is 0 Å². The van der Waals surface area contributed by atoms with Crippen molar-refractivity contribution >= 4 is 11.9 Å². The van der Waals surface area contributed by atoms with E-state index in [0.717, 1.165) is 24.9 Å². The quantitative estimate of drug-likeness (QED) is 0.800. The summed E-state index contributed by atoms with van der Waals surface area (Å²) in [7, 11) is 2.01. The molecule has 0 saturated heterocycles. The van der Waals surface area contributed by atoms with Crippen LogP contribution in [-0.2, 0) is 12.8 Å². The number of fused-ring (bicyclic) bond motifs is 1. The zero-order valence-electron chi connectivity index (χ0n) is 9.46. The zero-order valence-corrected chi connectivity index (χ0v) is 9.46. The summed E-state index contributed by atoms with van der Waals surface area (Å²) < 4.78 is 0. The molecule has 1 aromatic carbocycles. The smallest absolute Gasteiger partial charge is 0.0657 e. The van der Waals surface area contributed by atoms with Gasteiger partial charge in [0.1, 0.15) is 0 Å². The van der Waals surface area contributed by atoms with Crippen molar-refractivity contribution in [3.8, 4) is 0 Å². The van der Waals surface area contributed by atoms with Crippen LogP contribution in [0.15, 0.2) is 23.2 Å². The van der Waals surface area contributed by atoms with Crippen molar-refractivity contribution in [1.82, 2.24) is 5.32 Å². The van der Waals surface area contributed by atoms with Gasteiger partial charge in [0.05, 0.1) is 5.69 Å². The molecule has 80 valence electrons. The molecule has 1 aromatic rings. The Morgan fingerprint density at radius 3 is 3.13 bits per heavy atom. The number of likely N-dealkylation sites (N-methyl/N-ethyl adjacent to an activating group) is 1. The third-order valence-electron chi connectivity index (χ3n) is 2.95. The second-order valence-electron chi connectivity index (χ2n) is 4.21. The Kier molecular flexibility index (Phi) is 3.17. The highest BCUT2D eigenvalue weighted by molar-refractivity contribution is 5.68. The van der Waals surface area contributed by atoms with Gasteiger partial charge < -0.3 is 5.32 Å². The van der Waals surface area contributed by atoms with E-state index in [-0.39, 0.29) is 0 Å². The molecule has 1 aliphatic heterocycles. The molecule has 2 heteroatoms. The average molecular weight is 202 g/mol. The predicted molar refractivity (Wildman–Crippen MR) is 65.1 cm³/mol. The average Bonchev–Trinajstić information content (AvgIpc) is 2.29. The van der Waals surface area contributed by atoms with E-state index >= 15 is 0 Å². The van der Waals surface area contributed by atoms with Gasteiger partial charge in [0.15, 0.2) is 0 Å². The number of rotatable bonds is 3. The molecular formula is C13H18N2. The van der Waals surface area contributed by atoms with Crippen LogP contribution in [0.5, 0.6) is 0 Å². The van der Waals surface area contributed by atoms with Crippen LogP contribution in [0.3, 0.4) is 0 Å². The van der Waals surface area contributed by atoms with E-state index in [1.54, 1.807) is 0 Å². The lowest BCUT2D eigenvalue weighted by Gasteiger charge is -2.14. The highest BCUT2D eigenvalue weighted by Gasteiger charge is 2.07. The van der Waals surface area contributed by atoms with Gasteiger partial charge in [-0.25, -0.2) is 0 Å². The van der Waals surface area contributed by atoms with Crippen LogP contribution in [0.1, 0.15) is 24.5 Å². The lowest BCUT2D eigenvalue weighted by atomic mass is 9.99. The second-order valence-corrected chi connectivity index (χ2v) is 4.21. The minimum absolute atomic E-state index is 0.537. The predicted octanol–water partition coefficient (Wildman–Crippen LogP) is 2.49. The molecule has 0 amide bonds. The Morgan fingerprint density at radius 2 is 2.33 bits per heavy atom. The van der Waals surface area contributed by atoms with Crippen molar-refractivity contribution < 1.29 is 0 Å². The molecule has 1 heterocycles. The van der Waals surface area contributed by atoms with Crippen molar-refractivity contribution in [3.63, 3.8) is 0 Å². The molecule has 0 spiro atoms. The SMILES string of the molecule is CNC(C)Cc1ccc2c(c1)CCC=N2. The third kappa shape index (κ3) is 2.45. The first-order valence-corrected chi connectivity index (χ1v) is 5.61. The molecule has 2 nitrogen and oxygen atoms in total. The summed E-state index contributed by atoms with van der Waals surface area (Å²) >= 11 is 0. The van der Waals surface area contributed by atoms with Gasteiger partial charge in [-0.1, -0.05) is 12.1 Å². The first-order valence-electron chi connectivity index (χ1n) is 5.61. The lowest BCUT2D eigenvalue weighted by molar-refractivity contribution is 0.608. The van der Waals surface area contributed by atoms with Gasteiger partial charge in [0.2, 0.25) is 0 Å². The number of benzene rings is 1. The monoisotopic (exact) mass is 202 g/mol. The minimum atomic E-state index is 0.537. The third-order valence-corrected chi connectivity index (χ3v) is 2.95. The first kappa shape index (κ1) is 10.4. The summed E-state index contributed by atoms with van der Waals surface area (Å²) in [6.07, 6.45) is 5.32. The highest BCUT2D eigenvalue weighted by Crippen LogP contribution is 2.25. The summed E-state index contributed by atoms with van der Waals surface area (Å²) in [5.74, 6) is 0. The van der Waals surface area contributed by atoms with Crippen molar-refractivity contribution in [3.05, 3.63) is 29.3 Å². The molecule has 0 radical (unpaired) electrons. The molecule has 1 N–H and O–H groups in total. The van der Waals surface area contributed by atoms with Crippen molar-refractivity contribution in [1.29, 1.82) is 0 Å². The number of aryl methyl sites for hydroxylation is 1. The van der Waals surface area contributed by atoms with Gasteiger partial charge >= 0.3 is 0 Å². The van der Waals surface area contributed by atoms with Gasteiger partial charge in [0.25, 0.3) is 0 Å². The molecule has 15 heavy (non-hydrogen) atoms. The topological polar surface area (TPSA) is 24.4 Å². The van der Waals surface area contributed by atoms with E-state index in [1.807, 2.05) is 13.3 Å². The highest BCUT2D eigenvalue weighted by atomic mass is 14.8. The normalized spacial score (nSPS) is 16.1. The van der Waals surface area contributed by atoms with E-state index in [9.17, 15) is 0 Å². The Morgan fingerprint density at radius 1 is 1.47 bits per heavy atom. The molecular weight excluding hydrogens is 184 g/mol. The summed E-state index contributed by atoms with van der Waals surface area (Å²) in [5.41, 5.74) is 3.97. The van der Waals surface area contributed by atoms with Crippen LogP contribution in [0.2, 0.25) is 0 Å². The number of hydrogen-bond donors (Lipinski definition) is 1. The molecule has 1 unspecified atom stereocenters. The molecule has 1 atom stereocenters. The van der Waals surface area contributed by atoms with Gasteiger partial charge in [-0.3, -0.25) is 4.99 Å². The molecule has 0 saturated carbocycles. The fourth-order valence-electron chi connectivity index (χ4n) is 1.93. The van der Waals surface area contributed by atoms with Crippen LogP contribution in [-0.4, -0.2) is 19.3 Å². The number of nitrogens with zero attached hydrogens (tertiary/aromatic N) is 1. The van der Waals surface area contributed by atoms with Gasteiger partial charge in [-0.2, -0.15) is 0 Å². The van der Waals surface area contributed by atoms with Gasteiger partial charge in [-0.05, 0) is 50.4 Å². The molecule has 0 bridgehead atoms. The largest absolute Gasteiger partial charge is 0.317 e. The second kappa shape index (κ2) is 4.58. The van der Waals surface area contributed by atoms with Gasteiger partial charge in [-0.15, -0.1) is 0 Å². The zero-order chi connectivity index (χ0) is 10.7. The van der Waals surface area contributed by atoms with Crippen LogP contribution in [0, 0.1) is 0 Å². The fraction of sp³-hybridized carbons (Fsp3) is 0.462. The summed E-state index contributed by atoms with van der Waals surface area (Å²) in [5, 5.41) is 3.26. The van der Waals surface area contributed by atoms with Crippen molar-refractivity contribution in [2.45, 2.75) is 32.2 Å². The molecule has 2 rings (SSSR count). The van der Waals surface area contributed by atoms with E-state index in [2.05, 4.69) is 35.4 Å². The Labute approximate surface area is 91.4 Å². The van der Waals surface area contributed by atoms with E-state index in [0.29, 0.717) is 6.04 Å². The fourth-order valence-corrected chi connectivity index (χ4v) is 1.93. The standard InChI is InChI=1S/C13H18N2/c1-10(14-2)8-11-5-6-13-12(9-11)4-3-7-15-13/h5-7,9-10,14H,3-4,8H2,1-2H3. The number of hydrogen-bond acceptors (Lipinski definition) is 2. The maximum absolute atomic E-state index is 4.39. The van der Waals surface area contributed by atoms with E-state index in [1.165, 1.54) is 11.1 Å². The summed E-state index contributed by atoms with van der Waals surface area (Å²) in [6, 6.07) is 7.17. The molecule has 0 aromatic heterocycles. The summed E-state index contributed by atoms with van der Waals surface area (Å²) in [4.78, 5) is 4.39. The van der Waals surface area contributed by atoms with Crippen molar-refractivity contribution in [2.24, 2.45) is 4.99 Å². The Bertz CT molecular complexity index is 369. The van der Waals surface area contributed by atoms with E-state index < -0.39 is 0 Å². The maximum atomic E-state index is 4.39. The van der Waals surface area contributed by atoms with Crippen LogP contribution in [0.4, 0.5) is 5.69 Å². The maximum Gasteiger partial charge on any atom is 0.0657 e. The van der Waals surface area contributed by atoms with Crippen molar-refractivity contribution in [2.75, 3.05) is 7.05 Å². The molecule has 0 fully saturated rings. The van der Waals surface area contributed by atoms with Crippen LogP contribution < -0.4 is 5.32 Å². The van der Waals surface area contributed by atoms with Gasteiger partial charge in [0, 0.05) is 12.3 Å². The summed E-state index contributed by atoms with van der Waals surface area (Å²) in [6.45, 7) is 2.21. The Hall–Kier alpha value is -1.15. The first-order chi connectivity index (χ1) is 7.29. The Balaban J connectivity index is 2.18. The number of nitrogens with one attached hydrogen (secondary N) is 1. The molecule has 1 aliphatic rings.